The lowest BCUT2D eigenvalue weighted by Crippen LogP contribution is -2.04. The van der Waals surface area contributed by atoms with Crippen LogP contribution in [0.2, 0.25) is 0 Å². The highest BCUT2D eigenvalue weighted by atomic mass is 19.1. The SMILES string of the molecule is OCCn1c(-c2cc(F)ccc2O)nc2ccccc21. The summed E-state index contributed by atoms with van der Waals surface area (Å²) in [7, 11) is 0. The number of aromatic nitrogens is 2. The average Bonchev–Trinajstić information content (AvgIpc) is 2.81. The zero-order chi connectivity index (χ0) is 14.1. The van der Waals surface area contributed by atoms with Crippen LogP contribution in [0.15, 0.2) is 42.5 Å². The van der Waals surface area contributed by atoms with Crippen molar-refractivity contribution < 1.29 is 14.6 Å². The van der Waals surface area contributed by atoms with Gasteiger partial charge >= 0.3 is 0 Å². The van der Waals surface area contributed by atoms with Crippen LogP contribution in [0.25, 0.3) is 22.4 Å². The van der Waals surface area contributed by atoms with Gasteiger partial charge in [-0.1, -0.05) is 12.1 Å². The quantitative estimate of drug-likeness (QED) is 0.770. The summed E-state index contributed by atoms with van der Waals surface area (Å²) in [5.41, 5.74) is 1.88. The number of halogens is 1. The van der Waals surface area contributed by atoms with Crippen LogP contribution in [-0.2, 0) is 6.54 Å². The van der Waals surface area contributed by atoms with E-state index in [1.807, 2.05) is 24.3 Å². The van der Waals surface area contributed by atoms with Crippen molar-refractivity contribution in [3.8, 4) is 17.1 Å². The molecule has 0 fully saturated rings. The second kappa shape index (κ2) is 4.94. The number of aromatic hydroxyl groups is 1. The largest absolute Gasteiger partial charge is 0.507 e. The van der Waals surface area contributed by atoms with Crippen molar-refractivity contribution >= 4 is 11.0 Å². The fourth-order valence-corrected chi connectivity index (χ4v) is 2.29. The molecule has 0 bridgehead atoms. The van der Waals surface area contributed by atoms with Crippen LogP contribution in [0.1, 0.15) is 0 Å². The summed E-state index contributed by atoms with van der Waals surface area (Å²) < 4.78 is 15.2. The molecular weight excluding hydrogens is 259 g/mol. The third kappa shape index (κ3) is 2.02. The average molecular weight is 272 g/mol. The topological polar surface area (TPSA) is 58.3 Å². The van der Waals surface area contributed by atoms with E-state index in [0.717, 1.165) is 11.0 Å². The maximum Gasteiger partial charge on any atom is 0.145 e. The molecule has 4 nitrogen and oxygen atoms in total. The van der Waals surface area contributed by atoms with Gasteiger partial charge in [0.1, 0.15) is 17.4 Å². The van der Waals surface area contributed by atoms with Crippen LogP contribution in [0, 0.1) is 5.82 Å². The Morgan fingerprint density at radius 2 is 1.95 bits per heavy atom. The van der Waals surface area contributed by atoms with E-state index in [1.165, 1.54) is 18.2 Å². The van der Waals surface area contributed by atoms with Gasteiger partial charge in [0.25, 0.3) is 0 Å². The van der Waals surface area contributed by atoms with E-state index in [2.05, 4.69) is 4.98 Å². The molecule has 5 heteroatoms. The summed E-state index contributed by atoms with van der Waals surface area (Å²) in [5, 5.41) is 19.1. The molecule has 0 unspecified atom stereocenters. The van der Waals surface area contributed by atoms with Gasteiger partial charge in [-0.3, -0.25) is 0 Å². The first kappa shape index (κ1) is 12.6. The van der Waals surface area contributed by atoms with E-state index in [-0.39, 0.29) is 12.4 Å². The number of aliphatic hydroxyl groups is 1. The highest BCUT2D eigenvalue weighted by Crippen LogP contribution is 2.31. The van der Waals surface area contributed by atoms with Crippen molar-refractivity contribution in [2.24, 2.45) is 0 Å². The lowest BCUT2D eigenvalue weighted by atomic mass is 10.2. The molecule has 1 aromatic heterocycles. The van der Waals surface area contributed by atoms with Crippen molar-refractivity contribution in [2.45, 2.75) is 6.54 Å². The number of hydrogen-bond donors (Lipinski definition) is 2. The summed E-state index contributed by atoms with van der Waals surface area (Å²) in [4.78, 5) is 4.43. The number of aliphatic hydroxyl groups excluding tert-OH is 1. The number of phenolic OH excluding ortho intramolecular Hbond substituents is 1. The minimum atomic E-state index is -0.444. The molecular formula is C15H13FN2O2. The van der Waals surface area contributed by atoms with Crippen molar-refractivity contribution in [1.29, 1.82) is 0 Å². The van der Waals surface area contributed by atoms with Gasteiger partial charge in [0, 0.05) is 6.54 Å². The summed E-state index contributed by atoms with van der Waals surface area (Å²) in [5.74, 6) is -0.0430. The van der Waals surface area contributed by atoms with Crippen molar-refractivity contribution in [3.05, 3.63) is 48.3 Å². The molecule has 0 aliphatic rings. The maximum atomic E-state index is 13.4. The third-order valence-electron chi connectivity index (χ3n) is 3.18. The fraction of sp³-hybridized carbons (Fsp3) is 0.133. The Bertz CT molecular complexity index is 768. The molecule has 0 aliphatic heterocycles. The normalized spacial score (nSPS) is 11.1. The molecule has 0 spiro atoms. The zero-order valence-electron chi connectivity index (χ0n) is 10.6. The number of benzene rings is 2. The Morgan fingerprint density at radius 1 is 1.15 bits per heavy atom. The number of fused-ring (bicyclic) bond motifs is 1. The maximum absolute atomic E-state index is 13.4. The predicted octanol–water partition coefficient (Wildman–Crippen LogP) is 2.54. The van der Waals surface area contributed by atoms with Crippen LogP contribution in [0.3, 0.4) is 0 Å². The van der Waals surface area contributed by atoms with Crippen LogP contribution in [-0.4, -0.2) is 26.4 Å². The summed E-state index contributed by atoms with van der Waals surface area (Å²) in [6, 6.07) is 11.2. The molecule has 2 N–H and O–H groups in total. The summed E-state index contributed by atoms with van der Waals surface area (Å²) in [6.45, 7) is 0.259. The lowest BCUT2D eigenvalue weighted by molar-refractivity contribution is 0.278. The Hall–Kier alpha value is -2.40. The van der Waals surface area contributed by atoms with Gasteiger partial charge in [-0.2, -0.15) is 0 Å². The number of para-hydroxylation sites is 2. The van der Waals surface area contributed by atoms with E-state index in [1.54, 1.807) is 4.57 Å². The van der Waals surface area contributed by atoms with E-state index >= 15 is 0 Å². The first-order chi connectivity index (χ1) is 9.70. The lowest BCUT2D eigenvalue weighted by Gasteiger charge is -2.08. The van der Waals surface area contributed by atoms with E-state index < -0.39 is 5.82 Å². The van der Waals surface area contributed by atoms with Crippen molar-refractivity contribution in [1.82, 2.24) is 9.55 Å². The second-order valence-corrected chi connectivity index (χ2v) is 4.46. The highest BCUT2D eigenvalue weighted by Gasteiger charge is 2.15. The zero-order valence-corrected chi connectivity index (χ0v) is 10.6. The number of phenols is 1. The smallest absolute Gasteiger partial charge is 0.145 e. The van der Waals surface area contributed by atoms with E-state index in [0.29, 0.717) is 17.9 Å². The Labute approximate surface area is 114 Å². The molecule has 1 heterocycles. The molecule has 102 valence electrons. The number of rotatable bonds is 3. The minimum Gasteiger partial charge on any atom is -0.507 e. The van der Waals surface area contributed by atoms with E-state index in [9.17, 15) is 14.6 Å². The van der Waals surface area contributed by atoms with Gasteiger partial charge in [0.2, 0.25) is 0 Å². The molecule has 20 heavy (non-hydrogen) atoms. The Morgan fingerprint density at radius 3 is 2.75 bits per heavy atom. The standard InChI is InChI=1S/C15H13FN2O2/c16-10-5-6-14(20)11(9-10)15-17-12-3-1-2-4-13(12)18(15)7-8-19/h1-6,9,19-20H,7-8H2. The minimum absolute atomic E-state index is 0.0408. The van der Waals surface area contributed by atoms with Crippen LogP contribution < -0.4 is 0 Å². The highest BCUT2D eigenvalue weighted by molar-refractivity contribution is 5.81. The molecule has 0 aliphatic carbocycles. The van der Waals surface area contributed by atoms with Crippen LogP contribution in [0.4, 0.5) is 4.39 Å². The van der Waals surface area contributed by atoms with Gasteiger partial charge in [-0.25, -0.2) is 9.37 Å². The molecule has 3 rings (SSSR count). The molecule has 0 atom stereocenters. The number of imidazole rings is 1. The van der Waals surface area contributed by atoms with Gasteiger partial charge in [-0.05, 0) is 30.3 Å². The Balaban J connectivity index is 2.29. The van der Waals surface area contributed by atoms with Crippen molar-refractivity contribution in [2.75, 3.05) is 6.61 Å². The fourth-order valence-electron chi connectivity index (χ4n) is 2.29. The molecule has 0 saturated carbocycles. The second-order valence-electron chi connectivity index (χ2n) is 4.46. The monoisotopic (exact) mass is 272 g/mol. The van der Waals surface area contributed by atoms with Crippen LogP contribution >= 0.6 is 0 Å². The van der Waals surface area contributed by atoms with Gasteiger partial charge in [0.15, 0.2) is 0 Å². The van der Waals surface area contributed by atoms with Crippen molar-refractivity contribution in [3.63, 3.8) is 0 Å². The first-order valence-electron chi connectivity index (χ1n) is 6.25. The predicted molar refractivity (Wildman–Crippen MR) is 73.9 cm³/mol. The number of hydrogen-bond acceptors (Lipinski definition) is 3. The molecule has 0 radical (unpaired) electrons. The van der Waals surface area contributed by atoms with Gasteiger partial charge in [0.05, 0.1) is 23.2 Å². The molecule has 2 aromatic carbocycles. The molecule has 0 amide bonds. The molecule has 0 saturated heterocycles. The summed E-state index contributed by atoms with van der Waals surface area (Å²) >= 11 is 0. The van der Waals surface area contributed by atoms with Crippen LogP contribution in [0.5, 0.6) is 5.75 Å². The van der Waals surface area contributed by atoms with Gasteiger partial charge in [-0.15, -0.1) is 0 Å². The number of nitrogens with zero attached hydrogens (tertiary/aromatic N) is 2. The van der Waals surface area contributed by atoms with E-state index in [4.69, 9.17) is 0 Å². The third-order valence-corrected chi connectivity index (χ3v) is 3.18. The summed E-state index contributed by atoms with van der Waals surface area (Å²) in [6.07, 6.45) is 0. The molecule has 3 aromatic rings. The van der Waals surface area contributed by atoms with Gasteiger partial charge < -0.3 is 14.8 Å². The Kier molecular flexibility index (Phi) is 3.12. The first-order valence-corrected chi connectivity index (χ1v) is 6.25.